The van der Waals surface area contributed by atoms with Crippen LogP contribution in [-0.2, 0) is 9.53 Å². The number of carbonyl (C=O) groups is 1. The molecule has 0 bridgehead atoms. The number of aliphatic hydroxyl groups is 1. The molecule has 6 heteroatoms. The van der Waals surface area contributed by atoms with Crippen LogP contribution in [0, 0.1) is 0 Å². The second kappa shape index (κ2) is 7.68. The molecule has 106 valence electrons. The summed E-state index contributed by atoms with van der Waals surface area (Å²) >= 11 is 0. The van der Waals surface area contributed by atoms with Crippen molar-refractivity contribution in [2.75, 3.05) is 46.9 Å². The second-order valence-electron chi connectivity index (χ2n) is 5.00. The summed E-state index contributed by atoms with van der Waals surface area (Å²) in [6, 6.07) is 0.276. The first-order valence-electron chi connectivity index (χ1n) is 6.41. The number of hydrogen-bond donors (Lipinski definition) is 2. The van der Waals surface area contributed by atoms with Crippen molar-refractivity contribution in [2.45, 2.75) is 25.0 Å². The number of likely N-dealkylation sites (tertiary alicyclic amines) is 1. The molecule has 0 aromatic carbocycles. The fourth-order valence-electron chi connectivity index (χ4n) is 2.09. The van der Waals surface area contributed by atoms with Gasteiger partial charge in [0.2, 0.25) is 5.91 Å². The topological polar surface area (TPSA) is 79.0 Å². The van der Waals surface area contributed by atoms with E-state index in [2.05, 4.69) is 4.90 Å². The van der Waals surface area contributed by atoms with Gasteiger partial charge in [-0.05, 0) is 12.8 Å². The van der Waals surface area contributed by atoms with Crippen molar-refractivity contribution in [3.8, 4) is 0 Å². The third kappa shape index (κ3) is 5.30. The van der Waals surface area contributed by atoms with E-state index >= 15 is 0 Å². The summed E-state index contributed by atoms with van der Waals surface area (Å²) in [6.07, 6.45) is 1.27. The highest BCUT2D eigenvalue weighted by Crippen LogP contribution is 2.08. The molecule has 3 N–H and O–H groups in total. The van der Waals surface area contributed by atoms with Gasteiger partial charge in [-0.1, -0.05) is 0 Å². The Bertz CT molecular complexity index is 255. The lowest BCUT2D eigenvalue weighted by atomic mass is 10.1. The van der Waals surface area contributed by atoms with Crippen molar-refractivity contribution in [2.24, 2.45) is 5.73 Å². The van der Waals surface area contributed by atoms with Crippen LogP contribution in [0.3, 0.4) is 0 Å². The Morgan fingerprint density at radius 3 is 2.72 bits per heavy atom. The molecule has 1 aliphatic heterocycles. The molecule has 0 radical (unpaired) electrons. The Morgan fingerprint density at radius 1 is 1.56 bits per heavy atom. The number of nitrogens with zero attached hydrogens (tertiary/aromatic N) is 2. The van der Waals surface area contributed by atoms with Gasteiger partial charge in [0.05, 0.1) is 19.3 Å². The lowest BCUT2D eigenvalue weighted by molar-refractivity contribution is -0.133. The Morgan fingerprint density at radius 2 is 2.17 bits per heavy atom. The van der Waals surface area contributed by atoms with Crippen molar-refractivity contribution in [3.05, 3.63) is 0 Å². The molecule has 1 unspecified atom stereocenters. The van der Waals surface area contributed by atoms with Gasteiger partial charge < -0.3 is 20.5 Å². The van der Waals surface area contributed by atoms with E-state index in [-0.39, 0.29) is 18.6 Å². The van der Waals surface area contributed by atoms with Crippen LogP contribution in [0.1, 0.15) is 12.8 Å². The number of rotatable bonds is 6. The molecule has 0 saturated carbocycles. The van der Waals surface area contributed by atoms with Crippen LogP contribution < -0.4 is 5.73 Å². The first-order valence-corrected chi connectivity index (χ1v) is 6.41. The molecular weight excluding hydrogens is 234 g/mol. The Balaban J connectivity index is 2.26. The van der Waals surface area contributed by atoms with Gasteiger partial charge in [-0.15, -0.1) is 0 Å². The van der Waals surface area contributed by atoms with Crippen molar-refractivity contribution in [3.63, 3.8) is 0 Å². The Kier molecular flexibility index (Phi) is 6.56. The molecule has 6 nitrogen and oxygen atoms in total. The minimum absolute atomic E-state index is 0.0284. The van der Waals surface area contributed by atoms with E-state index in [0.717, 1.165) is 25.9 Å². The van der Waals surface area contributed by atoms with E-state index in [1.165, 1.54) is 7.11 Å². The zero-order chi connectivity index (χ0) is 13.5. The third-order valence-electron chi connectivity index (χ3n) is 3.26. The number of likely N-dealkylation sites (N-methyl/N-ethyl adjacent to an activating group) is 1. The van der Waals surface area contributed by atoms with Crippen LogP contribution in [0.25, 0.3) is 0 Å². The van der Waals surface area contributed by atoms with Crippen LogP contribution >= 0.6 is 0 Å². The summed E-state index contributed by atoms with van der Waals surface area (Å²) in [5, 5.41) is 9.56. The lowest BCUT2D eigenvalue weighted by Gasteiger charge is -2.31. The molecule has 1 heterocycles. The van der Waals surface area contributed by atoms with Gasteiger partial charge >= 0.3 is 0 Å². The number of aliphatic hydroxyl groups excluding tert-OH is 1. The number of hydrogen-bond acceptors (Lipinski definition) is 5. The normalized spacial score (nSPS) is 19.8. The average Bonchev–Trinajstić information content (AvgIpc) is 2.32. The molecule has 18 heavy (non-hydrogen) atoms. The molecule has 1 fully saturated rings. The van der Waals surface area contributed by atoms with Gasteiger partial charge in [-0.3, -0.25) is 9.69 Å². The third-order valence-corrected chi connectivity index (χ3v) is 3.26. The Labute approximate surface area is 109 Å². The lowest BCUT2D eigenvalue weighted by Crippen LogP contribution is -2.46. The highest BCUT2D eigenvalue weighted by molar-refractivity contribution is 5.78. The minimum atomic E-state index is -0.626. The quantitative estimate of drug-likeness (QED) is 0.631. The molecule has 0 aromatic heterocycles. The molecule has 1 atom stereocenters. The van der Waals surface area contributed by atoms with E-state index in [0.29, 0.717) is 13.1 Å². The van der Waals surface area contributed by atoms with Crippen molar-refractivity contribution in [1.82, 2.24) is 9.80 Å². The van der Waals surface area contributed by atoms with Crippen LogP contribution in [0.5, 0.6) is 0 Å². The Hall–Kier alpha value is -0.690. The summed E-state index contributed by atoms with van der Waals surface area (Å²) in [5.41, 5.74) is 5.82. The van der Waals surface area contributed by atoms with Crippen molar-refractivity contribution in [1.29, 1.82) is 0 Å². The van der Waals surface area contributed by atoms with Crippen LogP contribution in [0.2, 0.25) is 0 Å². The standard InChI is InChI=1S/C12H25N3O3/c1-14(7-11(16)9-18-2)12(17)8-15-5-3-10(13)4-6-15/h10-11,16H,3-9,13H2,1-2H3. The van der Waals surface area contributed by atoms with E-state index in [1.54, 1.807) is 11.9 Å². The number of ether oxygens (including phenoxy) is 1. The molecule has 1 aliphatic rings. The summed E-state index contributed by atoms with van der Waals surface area (Å²) in [7, 11) is 3.24. The second-order valence-corrected chi connectivity index (χ2v) is 5.00. The fraction of sp³-hybridized carbons (Fsp3) is 0.917. The molecule has 0 aliphatic carbocycles. The highest BCUT2D eigenvalue weighted by Gasteiger charge is 2.20. The number of nitrogens with two attached hydrogens (primary N) is 1. The zero-order valence-corrected chi connectivity index (χ0v) is 11.3. The number of amides is 1. The maximum Gasteiger partial charge on any atom is 0.236 e. The molecule has 1 rings (SSSR count). The fourth-order valence-corrected chi connectivity index (χ4v) is 2.09. The van der Waals surface area contributed by atoms with E-state index in [9.17, 15) is 9.90 Å². The van der Waals surface area contributed by atoms with Gasteiger partial charge in [-0.2, -0.15) is 0 Å². The van der Waals surface area contributed by atoms with Crippen LogP contribution in [0.4, 0.5) is 0 Å². The zero-order valence-electron chi connectivity index (χ0n) is 11.3. The molecule has 0 aromatic rings. The van der Waals surface area contributed by atoms with Crippen LogP contribution in [-0.4, -0.2) is 79.9 Å². The van der Waals surface area contributed by atoms with Crippen molar-refractivity contribution < 1.29 is 14.6 Å². The van der Waals surface area contributed by atoms with Gasteiger partial charge in [0, 0.05) is 39.8 Å². The largest absolute Gasteiger partial charge is 0.389 e. The van der Waals surface area contributed by atoms with E-state index < -0.39 is 6.10 Å². The van der Waals surface area contributed by atoms with Gasteiger partial charge in [0.25, 0.3) is 0 Å². The van der Waals surface area contributed by atoms with Gasteiger partial charge in [0.1, 0.15) is 0 Å². The first-order chi connectivity index (χ1) is 8.52. The first kappa shape index (κ1) is 15.4. The monoisotopic (exact) mass is 259 g/mol. The van der Waals surface area contributed by atoms with Gasteiger partial charge in [0.15, 0.2) is 0 Å². The maximum absolute atomic E-state index is 11.9. The number of carbonyl (C=O) groups excluding carboxylic acids is 1. The smallest absolute Gasteiger partial charge is 0.236 e. The predicted molar refractivity (Wildman–Crippen MR) is 69.2 cm³/mol. The summed E-state index contributed by atoms with van der Waals surface area (Å²) in [6.45, 7) is 2.71. The molecule has 1 amide bonds. The minimum Gasteiger partial charge on any atom is -0.389 e. The summed E-state index contributed by atoms with van der Waals surface area (Å²) < 4.78 is 4.83. The van der Waals surface area contributed by atoms with Gasteiger partial charge in [-0.25, -0.2) is 0 Å². The SMILES string of the molecule is COCC(O)CN(C)C(=O)CN1CCC(N)CC1. The molecule has 0 spiro atoms. The highest BCUT2D eigenvalue weighted by atomic mass is 16.5. The number of piperidine rings is 1. The van der Waals surface area contributed by atoms with E-state index in [1.807, 2.05) is 0 Å². The predicted octanol–water partition coefficient (Wildman–Crippen LogP) is -1.12. The summed E-state index contributed by atoms with van der Waals surface area (Å²) in [4.78, 5) is 15.6. The molecule has 1 saturated heterocycles. The van der Waals surface area contributed by atoms with Crippen molar-refractivity contribution >= 4 is 5.91 Å². The maximum atomic E-state index is 11.9. The average molecular weight is 259 g/mol. The van der Waals surface area contributed by atoms with E-state index in [4.69, 9.17) is 10.5 Å². The van der Waals surface area contributed by atoms with Crippen LogP contribution in [0.15, 0.2) is 0 Å². The molecular formula is C12H25N3O3. The summed E-state index contributed by atoms with van der Waals surface area (Å²) in [5.74, 6) is 0.0284. The number of methoxy groups -OCH3 is 1.